The SMILES string of the molecule is CC1C(N)CCC(c2nc(-c3cccnc3)no2)C1(C)C. The van der Waals surface area contributed by atoms with Crippen molar-refractivity contribution in [2.75, 3.05) is 0 Å². The molecule has 1 aliphatic carbocycles. The van der Waals surface area contributed by atoms with Crippen LogP contribution in [0.25, 0.3) is 11.4 Å². The Morgan fingerprint density at radius 2 is 2.14 bits per heavy atom. The molecule has 5 heteroatoms. The zero-order chi connectivity index (χ0) is 15.0. The molecule has 2 aromatic rings. The third-order valence-electron chi connectivity index (χ3n) is 5.16. The molecule has 21 heavy (non-hydrogen) atoms. The van der Waals surface area contributed by atoms with E-state index in [0.29, 0.717) is 11.7 Å². The Labute approximate surface area is 125 Å². The van der Waals surface area contributed by atoms with Crippen LogP contribution in [0.4, 0.5) is 0 Å². The summed E-state index contributed by atoms with van der Waals surface area (Å²) >= 11 is 0. The van der Waals surface area contributed by atoms with Crippen molar-refractivity contribution in [3.63, 3.8) is 0 Å². The van der Waals surface area contributed by atoms with E-state index in [1.54, 1.807) is 12.4 Å². The maximum atomic E-state index is 6.22. The molecule has 0 amide bonds. The summed E-state index contributed by atoms with van der Waals surface area (Å²) in [5.74, 6) is 2.00. The topological polar surface area (TPSA) is 77.8 Å². The molecule has 0 saturated heterocycles. The Bertz CT molecular complexity index is 608. The Hall–Kier alpha value is -1.75. The smallest absolute Gasteiger partial charge is 0.230 e. The monoisotopic (exact) mass is 286 g/mol. The van der Waals surface area contributed by atoms with E-state index in [1.165, 1.54) is 0 Å². The minimum atomic E-state index is 0.0520. The third kappa shape index (κ3) is 2.46. The molecule has 1 fully saturated rings. The highest BCUT2D eigenvalue weighted by Gasteiger charge is 2.44. The van der Waals surface area contributed by atoms with Crippen LogP contribution in [-0.4, -0.2) is 21.2 Å². The first-order chi connectivity index (χ1) is 10.00. The zero-order valence-corrected chi connectivity index (χ0v) is 12.8. The van der Waals surface area contributed by atoms with Crippen molar-refractivity contribution in [1.82, 2.24) is 15.1 Å². The second-order valence-corrected chi connectivity index (χ2v) is 6.60. The number of nitrogens with zero attached hydrogens (tertiary/aromatic N) is 3. The molecule has 0 bridgehead atoms. The molecule has 112 valence electrons. The number of aromatic nitrogens is 3. The molecule has 3 unspecified atom stereocenters. The molecule has 2 aromatic heterocycles. The minimum absolute atomic E-state index is 0.0520. The molecule has 1 aliphatic rings. The number of nitrogens with two attached hydrogens (primary N) is 1. The quantitative estimate of drug-likeness (QED) is 0.918. The van der Waals surface area contributed by atoms with Crippen molar-refractivity contribution in [2.45, 2.75) is 45.6 Å². The number of pyridine rings is 1. The van der Waals surface area contributed by atoms with Gasteiger partial charge in [-0.05, 0) is 36.3 Å². The van der Waals surface area contributed by atoms with Crippen LogP contribution in [0.1, 0.15) is 45.4 Å². The predicted octanol–water partition coefficient (Wildman–Crippen LogP) is 3.00. The Balaban J connectivity index is 1.90. The lowest BCUT2D eigenvalue weighted by Crippen LogP contribution is -2.45. The zero-order valence-electron chi connectivity index (χ0n) is 12.8. The molecule has 0 radical (unpaired) electrons. The summed E-state index contributed by atoms with van der Waals surface area (Å²) in [5.41, 5.74) is 7.15. The number of rotatable bonds is 2. The number of hydrogen-bond donors (Lipinski definition) is 1. The van der Waals surface area contributed by atoms with Gasteiger partial charge in [0.1, 0.15) is 0 Å². The molecular weight excluding hydrogens is 264 g/mol. The van der Waals surface area contributed by atoms with Gasteiger partial charge in [-0.2, -0.15) is 4.98 Å². The highest BCUT2D eigenvalue weighted by molar-refractivity contribution is 5.51. The summed E-state index contributed by atoms with van der Waals surface area (Å²) < 4.78 is 5.55. The summed E-state index contributed by atoms with van der Waals surface area (Å²) in [7, 11) is 0. The number of hydrogen-bond acceptors (Lipinski definition) is 5. The largest absolute Gasteiger partial charge is 0.339 e. The van der Waals surface area contributed by atoms with E-state index in [2.05, 4.69) is 35.9 Å². The highest BCUT2D eigenvalue weighted by atomic mass is 16.5. The van der Waals surface area contributed by atoms with Gasteiger partial charge in [0.15, 0.2) is 0 Å². The first kappa shape index (κ1) is 14.2. The lowest BCUT2D eigenvalue weighted by atomic mass is 9.61. The van der Waals surface area contributed by atoms with Gasteiger partial charge < -0.3 is 10.3 Å². The van der Waals surface area contributed by atoms with Gasteiger partial charge in [0, 0.05) is 29.9 Å². The second kappa shape index (κ2) is 5.22. The molecule has 3 atom stereocenters. The van der Waals surface area contributed by atoms with Gasteiger partial charge >= 0.3 is 0 Å². The van der Waals surface area contributed by atoms with Crippen molar-refractivity contribution in [1.29, 1.82) is 0 Å². The first-order valence-electron chi connectivity index (χ1n) is 7.49. The van der Waals surface area contributed by atoms with Crippen LogP contribution < -0.4 is 5.73 Å². The molecule has 2 N–H and O–H groups in total. The predicted molar refractivity (Wildman–Crippen MR) is 80.4 cm³/mol. The maximum absolute atomic E-state index is 6.22. The Morgan fingerprint density at radius 1 is 1.33 bits per heavy atom. The van der Waals surface area contributed by atoms with Crippen molar-refractivity contribution < 1.29 is 4.52 Å². The molecule has 1 saturated carbocycles. The average molecular weight is 286 g/mol. The normalized spacial score (nSPS) is 28.5. The highest BCUT2D eigenvalue weighted by Crippen LogP contribution is 2.49. The van der Waals surface area contributed by atoms with Crippen molar-refractivity contribution in [3.05, 3.63) is 30.4 Å². The van der Waals surface area contributed by atoms with Crippen LogP contribution in [0.2, 0.25) is 0 Å². The second-order valence-electron chi connectivity index (χ2n) is 6.60. The van der Waals surface area contributed by atoms with Crippen LogP contribution in [-0.2, 0) is 0 Å². The minimum Gasteiger partial charge on any atom is -0.339 e. The van der Waals surface area contributed by atoms with Crippen LogP contribution in [0.5, 0.6) is 0 Å². The molecule has 0 spiro atoms. The average Bonchev–Trinajstić information content (AvgIpc) is 2.95. The summed E-state index contributed by atoms with van der Waals surface area (Å²) in [6, 6.07) is 4.06. The van der Waals surface area contributed by atoms with Crippen molar-refractivity contribution >= 4 is 0 Å². The van der Waals surface area contributed by atoms with E-state index >= 15 is 0 Å². The van der Waals surface area contributed by atoms with Crippen LogP contribution in [0.3, 0.4) is 0 Å². The standard InChI is InChI=1S/C16H22N4O/c1-10-13(17)7-6-12(16(10,2)3)15-19-14(20-21-15)11-5-4-8-18-9-11/h4-5,8-10,12-13H,6-7,17H2,1-3H3. The van der Waals surface area contributed by atoms with Crippen LogP contribution in [0.15, 0.2) is 29.0 Å². The van der Waals surface area contributed by atoms with E-state index < -0.39 is 0 Å². The molecule has 3 rings (SSSR count). The fourth-order valence-electron chi connectivity index (χ4n) is 3.28. The van der Waals surface area contributed by atoms with E-state index in [9.17, 15) is 0 Å². The van der Waals surface area contributed by atoms with Gasteiger partial charge in [-0.15, -0.1) is 0 Å². The van der Waals surface area contributed by atoms with Crippen LogP contribution >= 0.6 is 0 Å². The molecule has 0 aromatic carbocycles. The van der Waals surface area contributed by atoms with E-state index in [4.69, 9.17) is 10.3 Å². The van der Waals surface area contributed by atoms with E-state index in [0.717, 1.165) is 24.3 Å². The summed E-state index contributed by atoms with van der Waals surface area (Å²) in [6.07, 6.45) is 5.48. The molecular formula is C16H22N4O. The first-order valence-corrected chi connectivity index (χ1v) is 7.49. The van der Waals surface area contributed by atoms with Gasteiger partial charge in [-0.3, -0.25) is 4.98 Å². The molecule has 0 aliphatic heterocycles. The lowest BCUT2D eigenvalue weighted by Gasteiger charge is -2.45. The van der Waals surface area contributed by atoms with Crippen molar-refractivity contribution in [3.8, 4) is 11.4 Å². The van der Waals surface area contributed by atoms with E-state index in [-0.39, 0.29) is 17.4 Å². The van der Waals surface area contributed by atoms with Gasteiger partial charge in [0.05, 0.1) is 0 Å². The fraction of sp³-hybridized carbons (Fsp3) is 0.562. The van der Waals surface area contributed by atoms with Crippen LogP contribution in [0, 0.1) is 11.3 Å². The van der Waals surface area contributed by atoms with Gasteiger partial charge in [0.25, 0.3) is 0 Å². The molecule has 2 heterocycles. The maximum Gasteiger partial charge on any atom is 0.230 e. The third-order valence-corrected chi connectivity index (χ3v) is 5.16. The van der Waals surface area contributed by atoms with Crippen molar-refractivity contribution in [2.24, 2.45) is 17.1 Å². The summed E-state index contributed by atoms with van der Waals surface area (Å²) in [5, 5.41) is 4.11. The van der Waals surface area contributed by atoms with Gasteiger partial charge in [-0.1, -0.05) is 25.9 Å². The summed E-state index contributed by atoms with van der Waals surface area (Å²) in [6.45, 7) is 6.71. The summed E-state index contributed by atoms with van der Waals surface area (Å²) in [4.78, 5) is 8.70. The fourth-order valence-corrected chi connectivity index (χ4v) is 3.28. The van der Waals surface area contributed by atoms with Gasteiger partial charge in [0.2, 0.25) is 11.7 Å². The van der Waals surface area contributed by atoms with Gasteiger partial charge in [-0.25, -0.2) is 0 Å². The Morgan fingerprint density at radius 3 is 2.86 bits per heavy atom. The molecule has 5 nitrogen and oxygen atoms in total. The Kier molecular flexibility index (Phi) is 3.53. The van der Waals surface area contributed by atoms with E-state index in [1.807, 2.05) is 12.1 Å². The lowest BCUT2D eigenvalue weighted by molar-refractivity contribution is 0.0806.